The van der Waals surface area contributed by atoms with Crippen LogP contribution in [-0.4, -0.2) is 42.2 Å². The number of benzene rings is 2. The minimum atomic E-state index is -0.790. The summed E-state index contributed by atoms with van der Waals surface area (Å²) in [5.41, 5.74) is 7.37. The number of amides is 1. The minimum Gasteiger partial charge on any atom is -0.396 e. The summed E-state index contributed by atoms with van der Waals surface area (Å²) in [6.07, 6.45) is 7.87. The average Bonchev–Trinajstić information content (AvgIpc) is 3.24. The molecule has 1 fully saturated rings. The van der Waals surface area contributed by atoms with E-state index in [4.69, 9.17) is 10.8 Å². The van der Waals surface area contributed by atoms with Crippen molar-refractivity contribution >= 4 is 5.91 Å². The fraction of sp³-hybridized carbons (Fsp3) is 0.500. The molecule has 0 spiro atoms. The Morgan fingerprint density at radius 3 is 1.97 bits per heavy atom. The van der Waals surface area contributed by atoms with Gasteiger partial charge in [-0.25, -0.2) is 0 Å². The van der Waals surface area contributed by atoms with E-state index in [-0.39, 0.29) is 11.8 Å². The Labute approximate surface area is 181 Å². The van der Waals surface area contributed by atoms with Crippen molar-refractivity contribution in [3.05, 3.63) is 71.8 Å². The number of rotatable bonds is 12. The van der Waals surface area contributed by atoms with Crippen LogP contribution in [0.5, 0.6) is 0 Å². The third kappa shape index (κ3) is 5.11. The normalized spacial score (nSPS) is 17.3. The van der Waals surface area contributed by atoms with E-state index >= 15 is 0 Å². The second-order valence-corrected chi connectivity index (χ2v) is 8.54. The van der Waals surface area contributed by atoms with Crippen molar-refractivity contribution < 1.29 is 9.90 Å². The number of hydrogen-bond donors (Lipinski definition) is 2. The summed E-state index contributed by atoms with van der Waals surface area (Å²) in [6.45, 7) is 3.30. The van der Waals surface area contributed by atoms with E-state index < -0.39 is 5.41 Å². The molecule has 1 amide bonds. The number of likely N-dealkylation sites (tertiary alicyclic amines) is 1. The maximum atomic E-state index is 13.1. The Balaban J connectivity index is 1.71. The van der Waals surface area contributed by atoms with E-state index in [2.05, 4.69) is 4.90 Å². The standard InChI is InChI=1S/C26H36N2O2/c27-25(30)26(22-13-7-5-8-14-22,23-15-9-6-10-16-23)24-17-19-28(21-24)18-11-3-1-2-4-12-20-29/h5-10,13-16,24,29H,1-4,11-12,17-21H2,(H2,27,30). The molecule has 0 bridgehead atoms. The Bertz CT molecular complexity index is 724. The molecule has 3 rings (SSSR count). The lowest BCUT2D eigenvalue weighted by molar-refractivity contribution is -0.123. The second kappa shape index (κ2) is 11.3. The molecule has 0 aromatic heterocycles. The van der Waals surface area contributed by atoms with Crippen molar-refractivity contribution in [3.8, 4) is 0 Å². The molecule has 1 aliphatic heterocycles. The van der Waals surface area contributed by atoms with Crippen molar-refractivity contribution in [1.29, 1.82) is 0 Å². The van der Waals surface area contributed by atoms with Crippen LogP contribution in [0.3, 0.4) is 0 Å². The number of primary amides is 1. The van der Waals surface area contributed by atoms with Gasteiger partial charge in [-0.3, -0.25) is 4.79 Å². The van der Waals surface area contributed by atoms with E-state index in [9.17, 15) is 4.79 Å². The third-order valence-corrected chi connectivity index (χ3v) is 6.61. The number of hydrogen-bond acceptors (Lipinski definition) is 3. The van der Waals surface area contributed by atoms with Crippen molar-refractivity contribution in [3.63, 3.8) is 0 Å². The summed E-state index contributed by atoms with van der Waals surface area (Å²) in [4.78, 5) is 15.6. The summed E-state index contributed by atoms with van der Waals surface area (Å²) < 4.78 is 0. The smallest absolute Gasteiger partial charge is 0.232 e. The zero-order valence-electron chi connectivity index (χ0n) is 18.0. The largest absolute Gasteiger partial charge is 0.396 e. The van der Waals surface area contributed by atoms with Crippen molar-refractivity contribution in [2.75, 3.05) is 26.2 Å². The fourth-order valence-electron chi connectivity index (χ4n) is 5.07. The molecule has 3 N–H and O–H groups in total. The summed E-state index contributed by atoms with van der Waals surface area (Å²) in [5.74, 6) is -0.0833. The van der Waals surface area contributed by atoms with E-state index in [0.29, 0.717) is 6.61 Å². The Morgan fingerprint density at radius 1 is 0.900 bits per heavy atom. The molecule has 0 radical (unpaired) electrons. The van der Waals surface area contributed by atoms with Crippen LogP contribution in [0.4, 0.5) is 0 Å². The molecule has 1 heterocycles. The highest BCUT2D eigenvalue weighted by molar-refractivity contribution is 5.91. The van der Waals surface area contributed by atoms with Gasteiger partial charge < -0.3 is 15.7 Å². The number of nitrogens with zero attached hydrogens (tertiary/aromatic N) is 1. The monoisotopic (exact) mass is 408 g/mol. The van der Waals surface area contributed by atoms with Crippen LogP contribution in [0.2, 0.25) is 0 Å². The van der Waals surface area contributed by atoms with Gasteiger partial charge in [-0.15, -0.1) is 0 Å². The minimum absolute atomic E-state index is 0.171. The topological polar surface area (TPSA) is 66.6 Å². The number of aliphatic hydroxyl groups is 1. The number of carbonyl (C=O) groups excluding carboxylic acids is 1. The highest BCUT2D eigenvalue weighted by Gasteiger charge is 2.49. The number of unbranched alkanes of at least 4 members (excludes halogenated alkanes) is 5. The lowest BCUT2D eigenvalue weighted by Gasteiger charge is -2.37. The van der Waals surface area contributed by atoms with Gasteiger partial charge in [-0.1, -0.05) is 86.3 Å². The third-order valence-electron chi connectivity index (χ3n) is 6.61. The molecule has 1 saturated heterocycles. The van der Waals surface area contributed by atoms with Crippen LogP contribution in [0.25, 0.3) is 0 Å². The lowest BCUT2D eigenvalue weighted by Crippen LogP contribution is -2.49. The summed E-state index contributed by atoms with van der Waals surface area (Å²) in [6, 6.07) is 20.2. The molecule has 30 heavy (non-hydrogen) atoms. The average molecular weight is 409 g/mol. The second-order valence-electron chi connectivity index (χ2n) is 8.54. The van der Waals surface area contributed by atoms with Crippen molar-refractivity contribution in [2.24, 2.45) is 11.7 Å². The first-order chi connectivity index (χ1) is 14.7. The molecule has 2 aromatic rings. The van der Waals surface area contributed by atoms with Crippen LogP contribution in [-0.2, 0) is 10.2 Å². The van der Waals surface area contributed by atoms with Gasteiger partial charge in [0.15, 0.2) is 0 Å². The first kappa shape index (κ1) is 22.5. The first-order valence-electron chi connectivity index (χ1n) is 11.4. The van der Waals surface area contributed by atoms with Gasteiger partial charge in [0, 0.05) is 13.2 Å². The van der Waals surface area contributed by atoms with Crippen molar-refractivity contribution in [1.82, 2.24) is 4.90 Å². The Morgan fingerprint density at radius 2 is 1.43 bits per heavy atom. The molecule has 1 aliphatic rings. The molecule has 4 nitrogen and oxygen atoms in total. The zero-order chi connectivity index (χ0) is 21.2. The van der Waals surface area contributed by atoms with Crippen LogP contribution >= 0.6 is 0 Å². The molecular formula is C26H36N2O2. The van der Waals surface area contributed by atoms with Gasteiger partial charge >= 0.3 is 0 Å². The van der Waals surface area contributed by atoms with E-state index in [1.54, 1.807) is 0 Å². The van der Waals surface area contributed by atoms with Crippen LogP contribution < -0.4 is 5.73 Å². The highest BCUT2D eigenvalue weighted by atomic mass is 16.2. The van der Waals surface area contributed by atoms with Gasteiger partial charge in [-0.05, 0) is 49.4 Å². The van der Waals surface area contributed by atoms with E-state index in [1.807, 2.05) is 60.7 Å². The molecule has 1 atom stereocenters. The van der Waals surface area contributed by atoms with Gasteiger partial charge in [0.1, 0.15) is 5.41 Å². The summed E-state index contributed by atoms with van der Waals surface area (Å²) in [5, 5.41) is 8.87. The zero-order valence-corrected chi connectivity index (χ0v) is 18.0. The predicted octanol–water partition coefficient (Wildman–Crippen LogP) is 4.11. The van der Waals surface area contributed by atoms with Crippen molar-refractivity contribution in [2.45, 2.75) is 50.4 Å². The van der Waals surface area contributed by atoms with Crippen LogP contribution in [0.15, 0.2) is 60.7 Å². The predicted molar refractivity (Wildman–Crippen MR) is 122 cm³/mol. The van der Waals surface area contributed by atoms with Gasteiger partial charge in [0.2, 0.25) is 5.91 Å². The van der Waals surface area contributed by atoms with Gasteiger partial charge in [0.25, 0.3) is 0 Å². The number of nitrogens with two attached hydrogens (primary N) is 1. The maximum Gasteiger partial charge on any atom is 0.232 e. The Kier molecular flexibility index (Phi) is 8.47. The quantitative estimate of drug-likeness (QED) is 0.519. The molecule has 0 saturated carbocycles. The van der Waals surface area contributed by atoms with E-state index in [0.717, 1.165) is 50.0 Å². The maximum absolute atomic E-state index is 13.1. The highest BCUT2D eigenvalue weighted by Crippen LogP contribution is 2.43. The molecule has 0 aliphatic carbocycles. The molecule has 162 valence electrons. The van der Waals surface area contributed by atoms with Gasteiger partial charge in [0.05, 0.1) is 0 Å². The first-order valence-corrected chi connectivity index (χ1v) is 11.4. The summed E-state index contributed by atoms with van der Waals surface area (Å²) >= 11 is 0. The van der Waals surface area contributed by atoms with Crippen LogP contribution in [0.1, 0.15) is 56.1 Å². The van der Waals surface area contributed by atoms with E-state index in [1.165, 1.54) is 25.7 Å². The summed E-state index contributed by atoms with van der Waals surface area (Å²) in [7, 11) is 0. The Hall–Kier alpha value is -2.17. The number of aliphatic hydroxyl groups excluding tert-OH is 1. The van der Waals surface area contributed by atoms with Crippen LogP contribution in [0, 0.1) is 5.92 Å². The number of carbonyl (C=O) groups is 1. The molecule has 2 aromatic carbocycles. The van der Waals surface area contributed by atoms with Gasteiger partial charge in [-0.2, -0.15) is 0 Å². The molecule has 4 heteroatoms. The lowest BCUT2D eigenvalue weighted by atomic mass is 9.64. The SMILES string of the molecule is NC(=O)C(c1ccccc1)(c1ccccc1)C1CCN(CCCCCCCCO)C1. The fourth-order valence-corrected chi connectivity index (χ4v) is 5.07. The molecule has 1 unspecified atom stereocenters. The molecular weight excluding hydrogens is 372 g/mol.